The Bertz CT molecular complexity index is 985. The van der Waals surface area contributed by atoms with Crippen LogP contribution in [0.25, 0.3) is 20.4 Å². The van der Waals surface area contributed by atoms with Gasteiger partial charge in [0.05, 0.1) is 29.5 Å². The Morgan fingerprint density at radius 1 is 1.26 bits per heavy atom. The summed E-state index contributed by atoms with van der Waals surface area (Å²) in [6, 6.07) is 2.24. The summed E-state index contributed by atoms with van der Waals surface area (Å²) in [6.45, 7) is 3.61. The molecule has 1 fully saturated rings. The second-order valence-corrected chi connectivity index (χ2v) is 8.25. The highest BCUT2D eigenvalue weighted by atomic mass is 32.1. The third-order valence-corrected chi connectivity index (χ3v) is 6.53. The van der Waals surface area contributed by atoms with Crippen LogP contribution >= 0.6 is 11.3 Å². The first-order chi connectivity index (χ1) is 13.2. The minimum atomic E-state index is 0.0602. The molecule has 0 unspecified atom stereocenters. The Morgan fingerprint density at radius 3 is 2.81 bits per heavy atom. The molecule has 0 saturated heterocycles. The lowest BCUT2D eigenvalue weighted by Crippen LogP contribution is -2.27. The molecule has 0 atom stereocenters. The van der Waals surface area contributed by atoms with Crippen LogP contribution < -0.4 is 10.5 Å². The van der Waals surface area contributed by atoms with Crippen LogP contribution in [0, 0.1) is 0 Å². The lowest BCUT2D eigenvalue weighted by Gasteiger charge is -2.24. The van der Waals surface area contributed by atoms with Gasteiger partial charge in [-0.05, 0) is 25.3 Å². The van der Waals surface area contributed by atoms with Crippen LogP contribution in [0.15, 0.2) is 23.4 Å². The van der Waals surface area contributed by atoms with E-state index in [4.69, 9.17) is 4.98 Å². The second-order valence-electron chi connectivity index (χ2n) is 7.25. The number of hydrogen-bond acceptors (Lipinski definition) is 6. The number of thiophene rings is 1. The van der Waals surface area contributed by atoms with Crippen LogP contribution in [0.5, 0.6) is 0 Å². The van der Waals surface area contributed by atoms with E-state index in [-0.39, 0.29) is 18.2 Å². The largest absolute Gasteiger partial charge is 0.395 e. The Hall–Kier alpha value is -1.99. The van der Waals surface area contributed by atoms with Gasteiger partial charge in [-0.15, -0.1) is 11.3 Å². The Balaban J connectivity index is 1.87. The van der Waals surface area contributed by atoms with Crippen LogP contribution in [0.4, 0.5) is 5.69 Å². The number of fused-ring (bicyclic) bond motifs is 3. The van der Waals surface area contributed by atoms with Crippen LogP contribution in [-0.2, 0) is 0 Å². The van der Waals surface area contributed by atoms with E-state index >= 15 is 0 Å². The highest BCUT2D eigenvalue weighted by molar-refractivity contribution is 7.25. The van der Waals surface area contributed by atoms with Gasteiger partial charge in [0.15, 0.2) is 0 Å². The van der Waals surface area contributed by atoms with E-state index in [0.717, 1.165) is 47.2 Å². The molecule has 144 valence electrons. The molecule has 3 aromatic heterocycles. The Labute approximate surface area is 162 Å². The smallest absolute Gasteiger partial charge is 0.271 e. The molecule has 0 aliphatic heterocycles. The average molecular weight is 387 g/mol. The molecule has 1 aliphatic carbocycles. The minimum Gasteiger partial charge on any atom is -0.395 e. The van der Waals surface area contributed by atoms with Crippen molar-refractivity contribution in [2.24, 2.45) is 0 Å². The number of aromatic nitrogens is 3. The van der Waals surface area contributed by atoms with Gasteiger partial charge in [0.25, 0.3) is 5.56 Å². The number of anilines is 1. The second kappa shape index (κ2) is 7.94. The number of pyridine rings is 1. The van der Waals surface area contributed by atoms with Gasteiger partial charge >= 0.3 is 0 Å². The molecular formula is C20H26N4O2S. The van der Waals surface area contributed by atoms with Crippen molar-refractivity contribution in [1.29, 1.82) is 0 Å². The summed E-state index contributed by atoms with van der Waals surface area (Å²) in [5.41, 5.74) is 1.81. The quantitative estimate of drug-likeness (QED) is 0.699. The lowest BCUT2D eigenvalue weighted by molar-refractivity contribution is 0.302. The fraction of sp³-hybridized carbons (Fsp3) is 0.550. The van der Waals surface area contributed by atoms with Gasteiger partial charge < -0.3 is 10.0 Å². The van der Waals surface area contributed by atoms with Crippen molar-refractivity contribution in [2.75, 3.05) is 24.6 Å². The maximum Gasteiger partial charge on any atom is 0.271 e. The molecule has 1 aliphatic rings. The van der Waals surface area contributed by atoms with E-state index in [1.165, 1.54) is 30.6 Å². The molecule has 3 aromatic rings. The van der Waals surface area contributed by atoms with Gasteiger partial charge in [0.2, 0.25) is 0 Å². The van der Waals surface area contributed by atoms with Gasteiger partial charge in [0, 0.05) is 25.3 Å². The van der Waals surface area contributed by atoms with E-state index in [1.807, 2.05) is 10.6 Å². The molecule has 6 nitrogen and oxygen atoms in total. The predicted molar refractivity (Wildman–Crippen MR) is 111 cm³/mol. The van der Waals surface area contributed by atoms with E-state index in [2.05, 4.69) is 16.8 Å². The van der Waals surface area contributed by atoms with Gasteiger partial charge in [0.1, 0.15) is 9.53 Å². The Kier molecular flexibility index (Phi) is 5.41. The summed E-state index contributed by atoms with van der Waals surface area (Å²) in [4.78, 5) is 25.4. The first-order valence-electron chi connectivity index (χ1n) is 9.88. The highest BCUT2D eigenvalue weighted by Crippen LogP contribution is 2.36. The molecule has 0 radical (unpaired) electrons. The van der Waals surface area contributed by atoms with Crippen LogP contribution in [0.3, 0.4) is 0 Å². The number of aliphatic hydroxyl groups excluding tert-OH is 1. The molecule has 0 aromatic carbocycles. The molecule has 1 N–H and O–H groups in total. The normalized spacial score (nSPS) is 15.6. The molecule has 0 bridgehead atoms. The summed E-state index contributed by atoms with van der Waals surface area (Å²) < 4.78 is 2.53. The predicted octanol–water partition coefficient (Wildman–Crippen LogP) is 3.72. The van der Waals surface area contributed by atoms with E-state index in [0.29, 0.717) is 11.2 Å². The summed E-state index contributed by atoms with van der Waals surface area (Å²) in [5, 5.41) is 10.4. The third kappa shape index (κ3) is 3.34. The van der Waals surface area contributed by atoms with Gasteiger partial charge in [-0.25, -0.2) is 9.97 Å². The number of nitrogens with zero attached hydrogens (tertiary/aromatic N) is 4. The van der Waals surface area contributed by atoms with Crippen molar-refractivity contribution < 1.29 is 5.11 Å². The minimum absolute atomic E-state index is 0.0602. The van der Waals surface area contributed by atoms with Crippen molar-refractivity contribution in [2.45, 2.75) is 51.5 Å². The maximum absolute atomic E-state index is 13.2. The molecule has 27 heavy (non-hydrogen) atoms. The zero-order valence-electron chi connectivity index (χ0n) is 15.7. The molecule has 0 amide bonds. The van der Waals surface area contributed by atoms with E-state index < -0.39 is 0 Å². The SMILES string of the molecule is CCCN(CCO)c1ccnc2sc3c(=O)n(C4CCCCC4)cnc3c12. The summed E-state index contributed by atoms with van der Waals surface area (Å²) in [6.07, 6.45) is 10.2. The molecule has 0 spiro atoms. The molecule has 3 heterocycles. The molecule has 4 rings (SSSR count). The van der Waals surface area contributed by atoms with Crippen molar-refractivity contribution in [3.05, 3.63) is 28.9 Å². The fourth-order valence-electron chi connectivity index (χ4n) is 4.18. The van der Waals surface area contributed by atoms with Crippen molar-refractivity contribution >= 4 is 37.5 Å². The maximum atomic E-state index is 13.2. The van der Waals surface area contributed by atoms with Crippen molar-refractivity contribution in [3.63, 3.8) is 0 Å². The number of rotatable bonds is 6. The first kappa shape index (κ1) is 18.4. The Morgan fingerprint density at radius 2 is 2.07 bits per heavy atom. The molecular weight excluding hydrogens is 360 g/mol. The van der Waals surface area contributed by atoms with Crippen molar-refractivity contribution in [3.8, 4) is 0 Å². The zero-order valence-corrected chi connectivity index (χ0v) is 16.5. The standard InChI is InChI=1S/C20H26N4O2S/c1-2-10-23(11-12-25)15-8-9-21-19-16(15)17-18(27-19)20(26)24(13-22-17)14-6-4-3-5-7-14/h8-9,13-14,25H,2-7,10-12H2,1H3. The van der Waals surface area contributed by atoms with Crippen LogP contribution in [0.1, 0.15) is 51.5 Å². The molecule has 7 heteroatoms. The van der Waals surface area contributed by atoms with Gasteiger partial charge in [-0.2, -0.15) is 0 Å². The molecule has 1 saturated carbocycles. The van der Waals surface area contributed by atoms with Crippen molar-refractivity contribution in [1.82, 2.24) is 14.5 Å². The number of aliphatic hydroxyl groups is 1. The highest BCUT2D eigenvalue weighted by Gasteiger charge is 2.22. The third-order valence-electron chi connectivity index (χ3n) is 5.46. The topological polar surface area (TPSA) is 71.2 Å². The lowest BCUT2D eigenvalue weighted by atomic mass is 9.95. The van der Waals surface area contributed by atoms with Crippen LogP contribution in [0.2, 0.25) is 0 Å². The van der Waals surface area contributed by atoms with Gasteiger partial charge in [-0.3, -0.25) is 9.36 Å². The summed E-state index contributed by atoms with van der Waals surface area (Å²) in [5.74, 6) is 0. The van der Waals surface area contributed by atoms with E-state index in [9.17, 15) is 9.90 Å². The summed E-state index contributed by atoms with van der Waals surface area (Å²) in [7, 11) is 0. The van der Waals surface area contributed by atoms with E-state index in [1.54, 1.807) is 12.5 Å². The zero-order chi connectivity index (χ0) is 18.8. The monoisotopic (exact) mass is 386 g/mol. The first-order valence-corrected chi connectivity index (χ1v) is 10.7. The van der Waals surface area contributed by atoms with Gasteiger partial charge in [-0.1, -0.05) is 26.2 Å². The van der Waals surface area contributed by atoms with Crippen LogP contribution in [-0.4, -0.2) is 39.3 Å². The fourth-order valence-corrected chi connectivity index (χ4v) is 5.23. The summed E-state index contributed by atoms with van der Waals surface area (Å²) >= 11 is 1.44. The number of hydrogen-bond donors (Lipinski definition) is 1. The average Bonchev–Trinajstić information content (AvgIpc) is 3.09.